The van der Waals surface area contributed by atoms with Crippen LogP contribution in [0.25, 0.3) is 0 Å². The zero-order valence-electron chi connectivity index (χ0n) is 19.4. The summed E-state index contributed by atoms with van der Waals surface area (Å²) in [5.74, 6) is 0.973. The third kappa shape index (κ3) is 4.63. The van der Waals surface area contributed by atoms with Crippen LogP contribution in [0, 0.1) is 5.41 Å². The number of ether oxygens (including phenoxy) is 1. The fourth-order valence-corrected chi connectivity index (χ4v) is 5.49. The highest BCUT2D eigenvalue weighted by atomic mass is 35.5. The fraction of sp³-hybridized carbons (Fsp3) is 0.385. The van der Waals surface area contributed by atoms with Crippen molar-refractivity contribution in [1.29, 1.82) is 0 Å². The number of pyridine rings is 1. The van der Waals surface area contributed by atoms with Crippen molar-refractivity contribution in [3.05, 3.63) is 81.5 Å². The first-order valence-corrected chi connectivity index (χ1v) is 12.7. The van der Waals surface area contributed by atoms with Gasteiger partial charge in [0.25, 0.3) is 5.91 Å². The van der Waals surface area contributed by atoms with E-state index in [-0.39, 0.29) is 23.8 Å². The molecule has 3 aromatic rings. The molecule has 3 atom stereocenters. The maximum absolute atomic E-state index is 13.4. The summed E-state index contributed by atoms with van der Waals surface area (Å²) >= 11 is 12.4. The zero-order chi connectivity index (χ0) is 25.9. The summed E-state index contributed by atoms with van der Waals surface area (Å²) in [6.07, 6.45) is 1.87. The standard InChI is InChI=1S/C26H21Cl2F3N4O2/c27-19-5-3-15(7-20(19)28)18-12-35(24(36)16-9-33-23(34-10-16)14-1-2-14)13-25(18)8-21(25)37-22-6-4-17(11-32-22)26(29,30)31/h3-7,9-11,14,18,21H,1-2,8,12-13H2/t18-,21?,25+/m1/s1. The summed E-state index contributed by atoms with van der Waals surface area (Å²) in [6.45, 7) is 0.827. The number of rotatable bonds is 5. The van der Waals surface area contributed by atoms with Crippen LogP contribution in [-0.4, -0.2) is 45.0 Å². The minimum absolute atomic E-state index is 0.108. The smallest absolute Gasteiger partial charge is 0.417 e. The molecule has 0 bridgehead atoms. The number of carbonyl (C=O) groups is 1. The Morgan fingerprint density at radius 1 is 1.03 bits per heavy atom. The highest BCUT2D eigenvalue weighted by Gasteiger charge is 2.66. The Balaban J connectivity index is 1.25. The lowest BCUT2D eigenvalue weighted by Gasteiger charge is -2.19. The van der Waals surface area contributed by atoms with Crippen molar-refractivity contribution in [1.82, 2.24) is 19.9 Å². The molecular formula is C26H21Cl2F3N4O2. The minimum atomic E-state index is -4.47. The molecule has 3 fully saturated rings. The van der Waals surface area contributed by atoms with Gasteiger partial charge in [-0.3, -0.25) is 4.79 Å². The number of amides is 1. The van der Waals surface area contributed by atoms with Crippen molar-refractivity contribution in [2.75, 3.05) is 13.1 Å². The third-order valence-electron chi connectivity index (χ3n) is 7.45. The van der Waals surface area contributed by atoms with Crippen molar-refractivity contribution < 1.29 is 22.7 Å². The second-order valence-corrected chi connectivity index (χ2v) is 10.8. The Hall–Kier alpha value is -2.91. The molecule has 3 heterocycles. The van der Waals surface area contributed by atoms with Gasteiger partial charge >= 0.3 is 6.18 Å². The quantitative estimate of drug-likeness (QED) is 0.382. The number of alkyl halides is 3. The molecule has 0 radical (unpaired) electrons. The van der Waals surface area contributed by atoms with Crippen molar-refractivity contribution in [2.24, 2.45) is 5.41 Å². The van der Waals surface area contributed by atoms with E-state index in [1.54, 1.807) is 29.4 Å². The molecule has 192 valence electrons. The van der Waals surface area contributed by atoms with E-state index in [1.165, 1.54) is 6.07 Å². The molecule has 6 nitrogen and oxygen atoms in total. The summed E-state index contributed by atoms with van der Waals surface area (Å²) in [6, 6.07) is 7.57. The number of hydrogen-bond acceptors (Lipinski definition) is 5. The number of hydrogen-bond donors (Lipinski definition) is 0. The van der Waals surface area contributed by atoms with Crippen molar-refractivity contribution >= 4 is 29.1 Å². The number of nitrogens with zero attached hydrogens (tertiary/aromatic N) is 4. The van der Waals surface area contributed by atoms with Crippen LogP contribution in [0.4, 0.5) is 13.2 Å². The predicted molar refractivity (Wildman–Crippen MR) is 130 cm³/mol. The predicted octanol–water partition coefficient (Wildman–Crippen LogP) is 6.15. The molecule has 1 spiro atoms. The summed E-state index contributed by atoms with van der Waals surface area (Å²) in [4.78, 5) is 27.8. The summed E-state index contributed by atoms with van der Waals surface area (Å²) in [5, 5.41) is 0.835. The van der Waals surface area contributed by atoms with Gasteiger partial charge in [0.15, 0.2) is 0 Å². The lowest BCUT2D eigenvalue weighted by Crippen LogP contribution is -2.30. The average Bonchev–Trinajstić information content (AvgIpc) is 3.79. The van der Waals surface area contributed by atoms with Crippen LogP contribution in [0.3, 0.4) is 0 Å². The van der Waals surface area contributed by atoms with E-state index in [0.29, 0.717) is 41.0 Å². The number of aromatic nitrogens is 3. The van der Waals surface area contributed by atoms with E-state index in [2.05, 4.69) is 15.0 Å². The molecular weight excluding hydrogens is 528 g/mol. The first-order valence-electron chi connectivity index (χ1n) is 11.9. The van der Waals surface area contributed by atoms with Crippen molar-refractivity contribution in [3.8, 4) is 5.88 Å². The van der Waals surface area contributed by atoms with Crippen LogP contribution >= 0.6 is 23.2 Å². The van der Waals surface area contributed by atoms with Crippen LogP contribution in [0.5, 0.6) is 5.88 Å². The van der Waals surface area contributed by atoms with Gasteiger partial charge < -0.3 is 9.64 Å². The Labute approximate surface area is 220 Å². The van der Waals surface area contributed by atoms with Gasteiger partial charge in [-0.25, -0.2) is 15.0 Å². The molecule has 1 amide bonds. The van der Waals surface area contributed by atoms with Gasteiger partial charge in [0.1, 0.15) is 11.9 Å². The molecule has 1 saturated heterocycles. The fourth-order valence-electron chi connectivity index (χ4n) is 5.18. The lowest BCUT2D eigenvalue weighted by atomic mass is 9.86. The molecule has 2 aromatic heterocycles. The Morgan fingerprint density at radius 2 is 1.78 bits per heavy atom. The van der Waals surface area contributed by atoms with Gasteiger partial charge in [0.05, 0.1) is 21.2 Å². The van der Waals surface area contributed by atoms with Crippen molar-refractivity contribution in [3.63, 3.8) is 0 Å². The van der Waals surface area contributed by atoms with E-state index in [4.69, 9.17) is 27.9 Å². The summed E-state index contributed by atoms with van der Waals surface area (Å²) in [7, 11) is 0. The second kappa shape index (κ2) is 8.84. The molecule has 37 heavy (non-hydrogen) atoms. The summed E-state index contributed by atoms with van der Waals surface area (Å²) in [5.41, 5.74) is 0.0476. The van der Waals surface area contributed by atoms with Crippen LogP contribution in [0.1, 0.15) is 58.4 Å². The monoisotopic (exact) mass is 548 g/mol. The largest absolute Gasteiger partial charge is 0.474 e. The first kappa shape index (κ1) is 24.4. The molecule has 2 saturated carbocycles. The number of benzene rings is 1. The van der Waals surface area contributed by atoms with Gasteiger partial charge in [0, 0.05) is 55.0 Å². The average molecular weight is 549 g/mol. The molecule has 1 aromatic carbocycles. The van der Waals surface area contributed by atoms with Crippen LogP contribution < -0.4 is 4.74 Å². The maximum Gasteiger partial charge on any atom is 0.417 e. The van der Waals surface area contributed by atoms with Gasteiger partial charge in [-0.15, -0.1) is 0 Å². The number of likely N-dealkylation sites (tertiary alicyclic amines) is 1. The molecule has 0 N–H and O–H groups in total. The number of carbonyl (C=O) groups excluding carboxylic acids is 1. The van der Waals surface area contributed by atoms with Crippen molar-refractivity contribution in [2.45, 2.75) is 43.4 Å². The molecule has 2 aliphatic carbocycles. The SMILES string of the molecule is O=C(c1cnc(C2CC2)nc1)N1C[C@H](c2ccc(Cl)c(Cl)c2)[C@]2(CC2Oc2ccc(C(F)(F)F)cn2)C1. The van der Waals surface area contributed by atoms with E-state index >= 15 is 0 Å². The molecule has 3 aliphatic rings. The zero-order valence-corrected chi connectivity index (χ0v) is 20.9. The Morgan fingerprint density at radius 3 is 2.41 bits per heavy atom. The Kier molecular flexibility index (Phi) is 5.84. The lowest BCUT2D eigenvalue weighted by molar-refractivity contribution is -0.137. The molecule has 11 heteroatoms. The topological polar surface area (TPSA) is 68.2 Å². The van der Waals surface area contributed by atoms with E-state index < -0.39 is 17.2 Å². The van der Waals surface area contributed by atoms with Gasteiger partial charge in [0.2, 0.25) is 5.88 Å². The van der Waals surface area contributed by atoms with E-state index in [9.17, 15) is 18.0 Å². The third-order valence-corrected chi connectivity index (χ3v) is 8.19. The Bertz CT molecular complexity index is 1350. The van der Waals surface area contributed by atoms with E-state index in [0.717, 1.165) is 36.5 Å². The highest BCUT2D eigenvalue weighted by molar-refractivity contribution is 6.42. The molecule has 6 rings (SSSR count). The minimum Gasteiger partial charge on any atom is -0.474 e. The highest BCUT2D eigenvalue weighted by Crippen LogP contribution is 2.61. The van der Waals surface area contributed by atoms with Gasteiger partial charge in [-0.05, 0) is 43.0 Å². The van der Waals surface area contributed by atoms with Crippen LogP contribution in [0.2, 0.25) is 10.0 Å². The maximum atomic E-state index is 13.4. The summed E-state index contributed by atoms with van der Waals surface area (Å²) < 4.78 is 44.8. The molecule has 1 aliphatic heterocycles. The second-order valence-electron chi connectivity index (χ2n) is 9.94. The van der Waals surface area contributed by atoms with Crippen LogP contribution in [0.15, 0.2) is 48.9 Å². The van der Waals surface area contributed by atoms with Gasteiger partial charge in [-0.2, -0.15) is 13.2 Å². The van der Waals surface area contributed by atoms with Gasteiger partial charge in [-0.1, -0.05) is 29.3 Å². The molecule has 1 unspecified atom stereocenters. The number of halogens is 5. The first-order chi connectivity index (χ1) is 17.6. The normalized spacial score (nSPS) is 24.9. The van der Waals surface area contributed by atoms with Crippen LogP contribution in [-0.2, 0) is 6.18 Å². The van der Waals surface area contributed by atoms with E-state index in [1.807, 2.05) is 6.07 Å².